The van der Waals surface area contributed by atoms with E-state index in [1.807, 2.05) is 30.3 Å². The largest absolute Gasteiger partial charge is 0.497 e. The molecule has 20 nitrogen and oxygen atoms in total. The van der Waals surface area contributed by atoms with Gasteiger partial charge in [-0.3, -0.25) is 33.7 Å². The van der Waals surface area contributed by atoms with Crippen molar-refractivity contribution in [3.8, 4) is 11.5 Å². The van der Waals surface area contributed by atoms with Gasteiger partial charge in [0.05, 0.1) is 31.5 Å². The van der Waals surface area contributed by atoms with Crippen LogP contribution >= 0.6 is 0 Å². The zero-order valence-electron chi connectivity index (χ0n) is 34.2. The van der Waals surface area contributed by atoms with Crippen LogP contribution in [-0.4, -0.2) is 122 Å². The molecule has 0 N–H and O–H groups in total. The SMILES string of the molecule is COc1ccc(O[C@@H]2O[C@H](COCc3ccccc3)[C@@H](O[C@H]3O[C@H](COC(C)=O)[C@@H](OC(C)=O)[C@H](OC(C)=O)[C@H]3N=[N+]=[N-])[C@H](OC(C)=O)[C@H]2N2C(=O)c3ccccc3C2=O)cc1. The van der Waals surface area contributed by atoms with Crippen LogP contribution in [0.15, 0.2) is 84.0 Å². The van der Waals surface area contributed by atoms with E-state index in [2.05, 4.69) is 10.0 Å². The van der Waals surface area contributed by atoms with Gasteiger partial charge in [-0.15, -0.1) is 0 Å². The van der Waals surface area contributed by atoms with Gasteiger partial charge in [0.15, 0.2) is 24.6 Å². The first kappa shape index (κ1) is 45.0. The normalized spacial score (nSPS) is 26.6. The highest BCUT2D eigenvalue weighted by Crippen LogP contribution is 2.39. The summed E-state index contributed by atoms with van der Waals surface area (Å²) in [4.78, 5) is 82.4. The highest BCUT2D eigenvalue weighted by atomic mass is 16.7. The average molecular weight is 861 g/mol. The standard InChI is InChI=1S/C42H44N4O16/c1-22(47)55-21-32-35(56-23(2)48)37(57-24(3)49)33(44-45-43)41(60-32)62-36-31(20-54-19-26-11-7-6-8-12-26)61-42(59-28-17-15-27(53-5)16-18-28)34(38(36)58-25(4)50)46-39(51)29-13-9-10-14-30(29)40(46)52/h6-18,31-38,41-42H,19-21H2,1-5H3/t31-,32-,33-,34-,35-,36-,37-,38-,41-,42-/m1/s1. The first-order valence-corrected chi connectivity index (χ1v) is 19.3. The predicted molar refractivity (Wildman–Crippen MR) is 209 cm³/mol. The van der Waals surface area contributed by atoms with E-state index in [9.17, 15) is 34.3 Å². The number of carbonyl (C=O) groups excluding carboxylic acids is 6. The van der Waals surface area contributed by atoms with E-state index >= 15 is 0 Å². The Morgan fingerprint density at radius 3 is 1.81 bits per heavy atom. The fourth-order valence-corrected chi connectivity index (χ4v) is 7.35. The van der Waals surface area contributed by atoms with Crippen LogP contribution in [0.4, 0.5) is 0 Å². The van der Waals surface area contributed by atoms with E-state index in [-0.39, 0.29) is 30.1 Å². The minimum Gasteiger partial charge on any atom is -0.497 e. The van der Waals surface area contributed by atoms with Crippen molar-refractivity contribution in [2.75, 3.05) is 20.3 Å². The van der Waals surface area contributed by atoms with Crippen molar-refractivity contribution < 1.29 is 76.1 Å². The Labute approximate surface area is 354 Å². The predicted octanol–water partition coefficient (Wildman–Crippen LogP) is 3.83. The van der Waals surface area contributed by atoms with Crippen molar-refractivity contribution in [1.82, 2.24) is 4.90 Å². The molecule has 20 heteroatoms. The number of imide groups is 1. The molecule has 2 amide bonds. The molecule has 0 bridgehead atoms. The number of methoxy groups -OCH3 is 1. The van der Waals surface area contributed by atoms with Crippen molar-refractivity contribution in [2.45, 2.75) is 95.6 Å². The van der Waals surface area contributed by atoms with Gasteiger partial charge in [0.25, 0.3) is 11.8 Å². The third kappa shape index (κ3) is 10.5. The summed E-state index contributed by atoms with van der Waals surface area (Å²) in [7, 11) is 1.48. The number of benzene rings is 3. The Morgan fingerprint density at radius 2 is 1.23 bits per heavy atom. The number of esters is 4. The number of carbonyl (C=O) groups is 6. The van der Waals surface area contributed by atoms with Crippen molar-refractivity contribution in [2.24, 2.45) is 5.11 Å². The summed E-state index contributed by atoms with van der Waals surface area (Å²) in [6, 6.07) is 18.3. The summed E-state index contributed by atoms with van der Waals surface area (Å²) in [5.74, 6) is -4.18. The number of hydrogen-bond acceptors (Lipinski definition) is 17. The van der Waals surface area contributed by atoms with E-state index in [4.69, 9.17) is 47.4 Å². The number of rotatable bonds is 16. The van der Waals surface area contributed by atoms with Gasteiger partial charge in [0.1, 0.15) is 48.5 Å². The van der Waals surface area contributed by atoms with Gasteiger partial charge in [-0.2, -0.15) is 0 Å². The molecular weight excluding hydrogens is 816 g/mol. The van der Waals surface area contributed by atoms with Crippen LogP contribution in [0.5, 0.6) is 11.5 Å². The fraction of sp³-hybridized carbons (Fsp3) is 0.429. The lowest BCUT2D eigenvalue weighted by Crippen LogP contribution is -2.69. The zero-order valence-corrected chi connectivity index (χ0v) is 34.2. The maximum atomic E-state index is 14.3. The molecule has 10 atom stereocenters. The second-order valence-electron chi connectivity index (χ2n) is 14.2. The average Bonchev–Trinajstić information content (AvgIpc) is 3.48. The fourth-order valence-electron chi connectivity index (χ4n) is 7.35. The van der Waals surface area contributed by atoms with E-state index in [0.29, 0.717) is 5.75 Å². The molecule has 6 rings (SSSR count). The molecule has 0 aliphatic carbocycles. The number of nitrogens with zero attached hydrogens (tertiary/aromatic N) is 4. The van der Waals surface area contributed by atoms with Gasteiger partial charge in [-0.25, -0.2) is 0 Å². The van der Waals surface area contributed by atoms with Gasteiger partial charge in [0.2, 0.25) is 6.29 Å². The lowest BCUT2D eigenvalue weighted by molar-refractivity contribution is -0.329. The third-order valence-corrected chi connectivity index (χ3v) is 9.89. The van der Waals surface area contributed by atoms with Crippen LogP contribution in [0, 0.1) is 0 Å². The van der Waals surface area contributed by atoms with Crippen LogP contribution in [0.2, 0.25) is 0 Å². The van der Waals surface area contributed by atoms with Gasteiger partial charge in [-0.1, -0.05) is 47.6 Å². The number of azide groups is 1. The first-order valence-electron chi connectivity index (χ1n) is 19.3. The van der Waals surface area contributed by atoms with Gasteiger partial charge in [-0.05, 0) is 47.5 Å². The molecule has 3 aromatic carbocycles. The summed E-state index contributed by atoms with van der Waals surface area (Å²) in [6.45, 7) is 3.54. The summed E-state index contributed by atoms with van der Waals surface area (Å²) >= 11 is 0. The molecule has 0 unspecified atom stereocenters. The molecular formula is C42H44N4O16. The lowest BCUT2D eigenvalue weighted by atomic mass is 9.93. The molecule has 3 aromatic rings. The Hall–Kier alpha value is -6.57. The van der Waals surface area contributed by atoms with Crippen LogP contribution in [0.1, 0.15) is 54.0 Å². The number of ether oxygens (including phenoxy) is 10. The Morgan fingerprint density at radius 1 is 0.677 bits per heavy atom. The maximum Gasteiger partial charge on any atom is 0.303 e. The molecule has 3 heterocycles. The summed E-state index contributed by atoms with van der Waals surface area (Å²) in [5, 5.41) is 3.82. The molecule has 0 saturated carbocycles. The highest BCUT2D eigenvalue weighted by Gasteiger charge is 2.59. The van der Waals surface area contributed by atoms with E-state index in [1.54, 1.807) is 36.4 Å². The van der Waals surface area contributed by atoms with E-state index < -0.39 is 104 Å². The number of amides is 2. The highest BCUT2D eigenvalue weighted by molar-refractivity contribution is 6.21. The molecule has 3 aliphatic heterocycles. The summed E-state index contributed by atoms with van der Waals surface area (Å²) in [6.07, 6.45) is -12.4. The van der Waals surface area contributed by atoms with Crippen LogP contribution in [0.3, 0.4) is 0 Å². The van der Waals surface area contributed by atoms with E-state index in [0.717, 1.165) is 38.2 Å². The Bertz CT molecular complexity index is 2130. The third-order valence-electron chi connectivity index (χ3n) is 9.89. The van der Waals surface area contributed by atoms with Crippen molar-refractivity contribution in [3.63, 3.8) is 0 Å². The quantitative estimate of drug-likeness (QED) is 0.0496. The summed E-state index contributed by atoms with van der Waals surface area (Å²) in [5.41, 5.74) is 10.7. The zero-order chi connectivity index (χ0) is 44.5. The van der Waals surface area contributed by atoms with Crippen LogP contribution in [-0.2, 0) is 63.7 Å². The lowest BCUT2D eigenvalue weighted by Gasteiger charge is -2.50. The first-order chi connectivity index (χ1) is 29.8. The van der Waals surface area contributed by atoms with Crippen molar-refractivity contribution in [1.29, 1.82) is 0 Å². The Balaban J connectivity index is 1.48. The molecule has 62 heavy (non-hydrogen) atoms. The minimum atomic E-state index is -1.78. The molecule has 3 aliphatic rings. The molecule has 0 aromatic heterocycles. The van der Waals surface area contributed by atoms with Crippen LogP contribution in [0.25, 0.3) is 10.4 Å². The second-order valence-corrected chi connectivity index (χ2v) is 14.2. The van der Waals surface area contributed by atoms with E-state index in [1.165, 1.54) is 19.2 Å². The number of fused-ring (bicyclic) bond motifs is 1. The molecule has 328 valence electrons. The molecule has 0 spiro atoms. The van der Waals surface area contributed by atoms with Gasteiger partial charge < -0.3 is 47.4 Å². The monoisotopic (exact) mass is 860 g/mol. The van der Waals surface area contributed by atoms with Crippen LogP contribution < -0.4 is 9.47 Å². The topological polar surface area (TPSA) is 247 Å². The molecule has 0 radical (unpaired) electrons. The number of hydrogen-bond donors (Lipinski definition) is 0. The van der Waals surface area contributed by atoms with Gasteiger partial charge >= 0.3 is 23.9 Å². The smallest absolute Gasteiger partial charge is 0.303 e. The maximum absolute atomic E-state index is 14.3. The van der Waals surface area contributed by atoms with Gasteiger partial charge in [0, 0.05) is 32.6 Å². The van der Waals surface area contributed by atoms with Crippen molar-refractivity contribution >= 4 is 35.7 Å². The summed E-state index contributed by atoms with van der Waals surface area (Å²) < 4.78 is 59.6. The van der Waals surface area contributed by atoms with Crippen molar-refractivity contribution in [3.05, 3.63) is 106 Å². The molecule has 2 fully saturated rings. The second kappa shape index (κ2) is 20.3. The molecule has 2 saturated heterocycles. The minimum absolute atomic E-state index is 0.0566. The Kier molecular flexibility index (Phi) is 14.7.